The van der Waals surface area contributed by atoms with Crippen LogP contribution in [0.15, 0.2) is 6.33 Å². The summed E-state index contributed by atoms with van der Waals surface area (Å²) in [6.45, 7) is 0.399. The highest BCUT2D eigenvalue weighted by Crippen LogP contribution is 2.24. The standard InChI is InChI=1S/C9H9ClN6O/c10-4-1-5(17)16(2-4)9-14-7(11)6-8(15-9)13-3-12-6/h3-4H,1-2H2,(H3,11,12,13,14,15). The van der Waals surface area contributed by atoms with Crippen LogP contribution in [0.5, 0.6) is 0 Å². The molecular weight excluding hydrogens is 244 g/mol. The number of hydrogen-bond donors (Lipinski definition) is 2. The van der Waals surface area contributed by atoms with Gasteiger partial charge in [-0.2, -0.15) is 9.97 Å². The van der Waals surface area contributed by atoms with Crippen molar-refractivity contribution >= 4 is 40.4 Å². The predicted molar refractivity (Wildman–Crippen MR) is 62.7 cm³/mol. The topological polar surface area (TPSA) is 101 Å². The molecule has 1 fully saturated rings. The summed E-state index contributed by atoms with van der Waals surface area (Å²) >= 11 is 5.92. The summed E-state index contributed by atoms with van der Waals surface area (Å²) in [5.41, 5.74) is 6.77. The maximum Gasteiger partial charge on any atom is 0.236 e. The van der Waals surface area contributed by atoms with Gasteiger partial charge in [0.15, 0.2) is 11.5 Å². The third kappa shape index (κ3) is 1.59. The Morgan fingerprint density at radius 2 is 2.35 bits per heavy atom. The quantitative estimate of drug-likeness (QED) is 0.710. The normalized spacial score (nSPS) is 20.4. The number of hydrogen-bond acceptors (Lipinski definition) is 5. The maximum absolute atomic E-state index is 11.7. The smallest absolute Gasteiger partial charge is 0.236 e. The summed E-state index contributed by atoms with van der Waals surface area (Å²) in [6, 6.07) is 0. The fraction of sp³-hybridized carbons (Fsp3) is 0.333. The molecule has 88 valence electrons. The average Bonchev–Trinajstić information content (AvgIpc) is 2.84. The van der Waals surface area contributed by atoms with E-state index in [1.165, 1.54) is 11.2 Å². The molecule has 1 atom stereocenters. The molecule has 8 heteroatoms. The molecule has 7 nitrogen and oxygen atoms in total. The zero-order chi connectivity index (χ0) is 12.0. The van der Waals surface area contributed by atoms with Crippen LogP contribution in [0, 0.1) is 0 Å². The molecule has 1 unspecified atom stereocenters. The molecule has 1 aliphatic rings. The van der Waals surface area contributed by atoms with Crippen LogP contribution in [0.2, 0.25) is 0 Å². The van der Waals surface area contributed by atoms with Crippen LogP contribution < -0.4 is 10.6 Å². The number of fused-ring (bicyclic) bond motifs is 1. The molecule has 1 saturated heterocycles. The lowest BCUT2D eigenvalue weighted by Gasteiger charge is -2.13. The Bertz CT molecular complexity index is 596. The molecule has 3 rings (SSSR count). The molecule has 1 aliphatic heterocycles. The number of amides is 1. The zero-order valence-electron chi connectivity index (χ0n) is 8.72. The number of aromatic amines is 1. The van der Waals surface area contributed by atoms with Gasteiger partial charge < -0.3 is 10.7 Å². The van der Waals surface area contributed by atoms with Gasteiger partial charge in [0, 0.05) is 13.0 Å². The monoisotopic (exact) mass is 252 g/mol. The van der Waals surface area contributed by atoms with E-state index in [9.17, 15) is 4.79 Å². The van der Waals surface area contributed by atoms with Crippen molar-refractivity contribution in [3.63, 3.8) is 0 Å². The molecule has 17 heavy (non-hydrogen) atoms. The first-order chi connectivity index (χ1) is 8.15. The first kappa shape index (κ1) is 10.3. The van der Waals surface area contributed by atoms with Crippen molar-refractivity contribution in [3.05, 3.63) is 6.33 Å². The van der Waals surface area contributed by atoms with Gasteiger partial charge in [-0.15, -0.1) is 11.6 Å². The number of anilines is 2. The SMILES string of the molecule is Nc1nc(N2CC(Cl)CC2=O)nc2nc[nH]c12. The highest BCUT2D eigenvalue weighted by molar-refractivity contribution is 6.24. The maximum atomic E-state index is 11.7. The molecule has 0 bridgehead atoms. The van der Waals surface area contributed by atoms with Gasteiger partial charge in [-0.3, -0.25) is 9.69 Å². The van der Waals surface area contributed by atoms with Gasteiger partial charge in [0.1, 0.15) is 5.52 Å². The van der Waals surface area contributed by atoms with Gasteiger partial charge in [0.2, 0.25) is 11.9 Å². The van der Waals surface area contributed by atoms with Crippen LogP contribution in [0.4, 0.5) is 11.8 Å². The molecule has 2 aromatic heterocycles. The number of alkyl halides is 1. The lowest BCUT2D eigenvalue weighted by molar-refractivity contribution is -0.117. The molecule has 0 saturated carbocycles. The minimum absolute atomic E-state index is 0.0979. The van der Waals surface area contributed by atoms with E-state index in [0.717, 1.165) is 0 Å². The number of halogens is 1. The van der Waals surface area contributed by atoms with Crippen LogP contribution in [-0.2, 0) is 4.79 Å². The van der Waals surface area contributed by atoms with Crippen LogP contribution in [0.25, 0.3) is 11.2 Å². The Kier molecular flexibility index (Phi) is 2.15. The first-order valence-electron chi connectivity index (χ1n) is 5.06. The number of nitrogens with zero attached hydrogens (tertiary/aromatic N) is 4. The van der Waals surface area contributed by atoms with E-state index in [4.69, 9.17) is 17.3 Å². The highest BCUT2D eigenvalue weighted by Gasteiger charge is 2.31. The number of aromatic nitrogens is 4. The van der Waals surface area contributed by atoms with Gasteiger partial charge in [0.05, 0.1) is 11.7 Å². The van der Waals surface area contributed by atoms with Crippen molar-refractivity contribution in [1.29, 1.82) is 0 Å². The van der Waals surface area contributed by atoms with Crippen molar-refractivity contribution in [2.24, 2.45) is 0 Å². The molecule has 0 radical (unpaired) electrons. The third-order valence-electron chi connectivity index (χ3n) is 2.62. The molecule has 2 aromatic rings. The number of imidazole rings is 1. The van der Waals surface area contributed by atoms with Crippen molar-refractivity contribution in [1.82, 2.24) is 19.9 Å². The second kappa shape index (κ2) is 3.56. The Balaban J connectivity index is 2.08. The molecule has 3 N–H and O–H groups in total. The van der Waals surface area contributed by atoms with E-state index in [2.05, 4.69) is 19.9 Å². The second-order valence-electron chi connectivity index (χ2n) is 3.82. The summed E-state index contributed by atoms with van der Waals surface area (Å²) in [4.78, 5) is 28.2. The molecule has 1 amide bonds. The second-order valence-corrected chi connectivity index (χ2v) is 4.43. The van der Waals surface area contributed by atoms with Gasteiger partial charge in [-0.1, -0.05) is 0 Å². The van der Waals surface area contributed by atoms with E-state index < -0.39 is 0 Å². The number of nitrogen functional groups attached to an aromatic ring is 1. The Morgan fingerprint density at radius 3 is 3.06 bits per heavy atom. The summed E-state index contributed by atoms with van der Waals surface area (Å²) < 4.78 is 0. The fourth-order valence-electron chi connectivity index (χ4n) is 1.82. The lowest BCUT2D eigenvalue weighted by atomic mass is 10.4. The summed E-state index contributed by atoms with van der Waals surface area (Å²) in [6.07, 6.45) is 1.78. The molecular formula is C9H9ClN6O. The minimum atomic E-state index is -0.206. The van der Waals surface area contributed by atoms with Crippen molar-refractivity contribution in [3.8, 4) is 0 Å². The molecule has 0 aromatic carbocycles. The van der Waals surface area contributed by atoms with E-state index in [1.54, 1.807) is 0 Å². The third-order valence-corrected chi connectivity index (χ3v) is 2.91. The number of rotatable bonds is 1. The van der Waals surface area contributed by atoms with Crippen molar-refractivity contribution in [2.75, 3.05) is 17.2 Å². The van der Waals surface area contributed by atoms with Crippen molar-refractivity contribution < 1.29 is 4.79 Å². The van der Waals surface area contributed by atoms with Crippen LogP contribution in [0.1, 0.15) is 6.42 Å². The van der Waals surface area contributed by atoms with Gasteiger partial charge >= 0.3 is 0 Å². The summed E-state index contributed by atoms with van der Waals surface area (Å²) in [5.74, 6) is 0.433. The predicted octanol–water partition coefficient (Wildman–Crippen LogP) is 0.279. The Morgan fingerprint density at radius 1 is 1.53 bits per heavy atom. The number of nitrogens with two attached hydrogens (primary N) is 1. The van der Waals surface area contributed by atoms with Gasteiger partial charge in [-0.25, -0.2) is 4.98 Å². The molecule has 0 aliphatic carbocycles. The zero-order valence-corrected chi connectivity index (χ0v) is 9.48. The number of nitrogens with one attached hydrogen (secondary N) is 1. The van der Waals surface area contributed by atoms with E-state index in [-0.39, 0.29) is 23.1 Å². The van der Waals surface area contributed by atoms with E-state index in [1.807, 2.05) is 0 Å². The minimum Gasteiger partial charge on any atom is -0.382 e. The van der Waals surface area contributed by atoms with Gasteiger partial charge in [-0.05, 0) is 0 Å². The van der Waals surface area contributed by atoms with Crippen molar-refractivity contribution in [2.45, 2.75) is 11.8 Å². The van der Waals surface area contributed by atoms with Crippen LogP contribution in [0.3, 0.4) is 0 Å². The lowest BCUT2D eigenvalue weighted by Crippen LogP contribution is -2.27. The fourth-order valence-corrected chi connectivity index (χ4v) is 2.09. The van der Waals surface area contributed by atoms with E-state index in [0.29, 0.717) is 24.1 Å². The number of carbonyl (C=O) groups is 1. The van der Waals surface area contributed by atoms with E-state index >= 15 is 0 Å². The molecule has 0 spiro atoms. The average molecular weight is 253 g/mol. The van der Waals surface area contributed by atoms with Crippen LogP contribution in [-0.4, -0.2) is 37.8 Å². The van der Waals surface area contributed by atoms with Gasteiger partial charge in [0.25, 0.3) is 0 Å². The summed E-state index contributed by atoms with van der Waals surface area (Å²) in [7, 11) is 0. The Labute approximate surface area is 101 Å². The number of H-pyrrole nitrogens is 1. The number of carbonyl (C=O) groups excluding carboxylic acids is 1. The molecule has 3 heterocycles. The largest absolute Gasteiger partial charge is 0.382 e. The Hall–Kier alpha value is -1.89. The summed E-state index contributed by atoms with van der Waals surface area (Å²) in [5, 5.41) is -0.206. The van der Waals surface area contributed by atoms with Crippen LogP contribution >= 0.6 is 11.6 Å². The first-order valence-corrected chi connectivity index (χ1v) is 5.50. The highest BCUT2D eigenvalue weighted by atomic mass is 35.5.